The summed E-state index contributed by atoms with van der Waals surface area (Å²) in [6.45, 7) is 0.363. The maximum atomic E-state index is 13.6. The number of phenolic OH excluding ortho intramolecular Hbond substituents is 1. The molecule has 0 aromatic heterocycles. The van der Waals surface area contributed by atoms with Gasteiger partial charge in [0.2, 0.25) is 5.91 Å². The zero-order valence-corrected chi connectivity index (χ0v) is 22.7. The predicted octanol–water partition coefficient (Wildman–Crippen LogP) is 3.23. The molecule has 3 saturated carbocycles. The van der Waals surface area contributed by atoms with E-state index >= 15 is 0 Å². The van der Waals surface area contributed by atoms with Gasteiger partial charge in [-0.2, -0.15) is 5.26 Å². The summed E-state index contributed by atoms with van der Waals surface area (Å²) < 4.78 is 5.78. The van der Waals surface area contributed by atoms with Gasteiger partial charge in [0.25, 0.3) is 0 Å². The molecule has 4 aliphatic rings. The first-order chi connectivity index (χ1) is 18.2. The molecule has 8 heteroatoms. The van der Waals surface area contributed by atoms with Crippen LogP contribution in [0.25, 0.3) is 0 Å². The molecule has 8 nitrogen and oxygen atoms in total. The van der Waals surface area contributed by atoms with Gasteiger partial charge in [-0.15, -0.1) is 0 Å². The van der Waals surface area contributed by atoms with Crippen molar-refractivity contribution in [2.75, 3.05) is 20.7 Å². The fourth-order valence-electron chi connectivity index (χ4n) is 7.73. The molecule has 4 fully saturated rings. The quantitative estimate of drug-likeness (QED) is 0.478. The molecule has 3 N–H and O–H groups in total. The number of likely N-dealkylation sites (tertiary alicyclic amines) is 1. The Hall–Kier alpha value is -2.63. The van der Waals surface area contributed by atoms with Crippen LogP contribution in [-0.2, 0) is 20.7 Å². The fourth-order valence-corrected chi connectivity index (χ4v) is 7.73. The number of carbonyl (C=O) groups excluding carboxylic acids is 2. The largest absolute Gasteiger partial charge is 0.508 e. The molecule has 1 aromatic carbocycles. The fraction of sp³-hybridized carbons (Fsp3) is 0.700. The highest BCUT2D eigenvalue weighted by atomic mass is 16.5. The van der Waals surface area contributed by atoms with E-state index in [2.05, 4.69) is 6.07 Å². The summed E-state index contributed by atoms with van der Waals surface area (Å²) in [5, 5.41) is 19.1. The van der Waals surface area contributed by atoms with Crippen molar-refractivity contribution in [2.45, 2.75) is 88.4 Å². The highest BCUT2D eigenvalue weighted by molar-refractivity contribution is 5.84. The van der Waals surface area contributed by atoms with Gasteiger partial charge in [0.15, 0.2) is 0 Å². The lowest BCUT2D eigenvalue weighted by atomic mass is 9.55. The Morgan fingerprint density at radius 1 is 1.24 bits per heavy atom. The molecule has 1 heterocycles. The number of piperidine rings is 1. The molecule has 0 radical (unpaired) electrons. The molecule has 1 saturated heterocycles. The number of carbonyl (C=O) groups is 2. The van der Waals surface area contributed by atoms with Crippen molar-refractivity contribution in [1.29, 1.82) is 5.26 Å². The normalized spacial score (nSPS) is 33.2. The number of fused-ring (bicyclic) bond motifs is 3. The molecule has 206 valence electrons. The van der Waals surface area contributed by atoms with Gasteiger partial charge < -0.3 is 20.5 Å². The van der Waals surface area contributed by atoms with Crippen molar-refractivity contribution in [3.63, 3.8) is 0 Å². The highest BCUT2D eigenvalue weighted by Gasteiger charge is 2.57. The van der Waals surface area contributed by atoms with Crippen LogP contribution in [0.5, 0.6) is 5.75 Å². The molecule has 5 rings (SSSR count). The Bertz CT molecular complexity index is 1070. The summed E-state index contributed by atoms with van der Waals surface area (Å²) in [5.74, 6) is 1.36. The summed E-state index contributed by atoms with van der Waals surface area (Å²) >= 11 is 0. The van der Waals surface area contributed by atoms with E-state index in [1.807, 2.05) is 36.0 Å². The number of nitriles is 1. The van der Waals surface area contributed by atoms with E-state index in [9.17, 15) is 20.0 Å². The Labute approximate surface area is 226 Å². The SMILES string of the molecule is CN(C)C(Cc1ccc(O)cc1)C(=O)OCCC1CC2CCCC(C(N)C(=O)N3C(C#N)CC4CC43)(C2)C1. The second-order valence-electron chi connectivity index (χ2n) is 12.6. The van der Waals surface area contributed by atoms with E-state index < -0.39 is 12.1 Å². The van der Waals surface area contributed by atoms with Crippen LogP contribution >= 0.6 is 0 Å². The van der Waals surface area contributed by atoms with E-state index in [-0.39, 0.29) is 35.1 Å². The standard InChI is InChI=1S/C30H42N4O4/c1-33(2)26(13-19-5-7-24(35)8-6-19)29(37)38-11-9-21-12-20-4-3-10-30(16-20,17-21)27(32)28(36)34-23(18-31)14-22-15-25(22)34/h5-8,20-23,25-27,35H,3-4,9-17,32H2,1-2H3. The summed E-state index contributed by atoms with van der Waals surface area (Å²) in [5.41, 5.74) is 7.55. The third-order valence-corrected chi connectivity index (χ3v) is 9.81. The number of phenols is 1. The summed E-state index contributed by atoms with van der Waals surface area (Å²) in [6, 6.07) is 8.19. The number of esters is 1. The van der Waals surface area contributed by atoms with E-state index in [0.29, 0.717) is 30.8 Å². The second kappa shape index (κ2) is 10.9. The number of hydrogen-bond donors (Lipinski definition) is 2. The van der Waals surface area contributed by atoms with Crippen molar-refractivity contribution < 1.29 is 19.4 Å². The molecule has 38 heavy (non-hydrogen) atoms. The van der Waals surface area contributed by atoms with E-state index in [1.54, 1.807) is 12.1 Å². The van der Waals surface area contributed by atoms with Crippen LogP contribution in [0.2, 0.25) is 0 Å². The minimum atomic E-state index is -0.561. The molecule has 0 spiro atoms. The molecule has 1 aliphatic heterocycles. The van der Waals surface area contributed by atoms with Gasteiger partial charge in [-0.25, -0.2) is 0 Å². The number of nitrogens with two attached hydrogens (primary N) is 1. The van der Waals surface area contributed by atoms with Gasteiger partial charge in [-0.05, 0) is 106 Å². The number of nitrogens with zero attached hydrogens (tertiary/aromatic N) is 3. The molecule has 2 bridgehead atoms. The molecule has 8 atom stereocenters. The van der Waals surface area contributed by atoms with Crippen molar-refractivity contribution >= 4 is 11.9 Å². The first-order valence-corrected chi connectivity index (χ1v) is 14.3. The number of amides is 1. The molecule has 1 aromatic rings. The number of hydrogen-bond acceptors (Lipinski definition) is 7. The third kappa shape index (κ3) is 5.41. The molecule has 1 amide bonds. The van der Waals surface area contributed by atoms with Crippen LogP contribution in [0.15, 0.2) is 24.3 Å². The minimum absolute atomic E-state index is 0.0164. The molecule has 3 aliphatic carbocycles. The zero-order chi connectivity index (χ0) is 27.0. The number of ether oxygens (including phenoxy) is 1. The van der Waals surface area contributed by atoms with Gasteiger partial charge >= 0.3 is 5.97 Å². The summed E-state index contributed by atoms with van der Waals surface area (Å²) in [7, 11) is 3.75. The zero-order valence-electron chi connectivity index (χ0n) is 22.7. The maximum Gasteiger partial charge on any atom is 0.323 e. The molecular formula is C30H42N4O4. The van der Waals surface area contributed by atoms with Crippen LogP contribution in [0, 0.1) is 34.5 Å². The maximum absolute atomic E-state index is 13.6. The van der Waals surface area contributed by atoms with Crippen molar-refractivity contribution in [1.82, 2.24) is 9.80 Å². The highest BCUT2D eigenvalue weighted by Crippen LogP contribution is 2.55. The smallest absolute Gasteiger partial charge is 0.323 e. The average Bonchev–Trinajstić information content (AvgIpc) is 3.56. The van der Waals surface area contributed by atoms with Crippen LogP contribution < -0.4 is 5.73 Å². The first kappa shape index (κ1) is 27.0. The number of rotatable bonds is 9. The molecule has 8 unspecified atom stereocenters. The Morgan fingerprint density at radius 3 is 2.71 bits per heavy atom. The summed E-state index contributed by atoms with van der Waals surface area (Å²) in [4.78, 5) is 30.3. The second-order valence-corrected chi connectivity index (χ2v) is 12.6. The van der Waals surface area contributed by atoms with Gasteiger partial charge in [0.05, 0.1) is 18.7 Å². The monoisotopic (exact) mass is 522 g/mol. The summed E-state index contributed by atoms with van der Waals surface area (Å²) in [6.07, 6.45) is 9.31. The van der Waals surface area contributed by atoms with Crippen molar-refractivity contribution in [2.24, 2.45) is 28.9 Å². The topological polar surface area (TPSA) is 120 Å². The number of aromatic hydroxyl groups is 1. The van der Waals surface area contributed by atoms with Gasteiger partial charge in [0.1, 0.15) is 17.8 Å². The lowest BCUT2D eigenvalue weighted by Crippen LogP contribution is -2.58. The van der Waals surface area contributed by atoms with E-state index in [1.165, 1.54) is 6.42 Å². The van der Waals surface area contributed by atoms with Crippen LogP contribution in [-0.4, -0.2) is 71.7 Å². The minimum Gasteiger partial charge on any atom is -0.508 e. The lowest BCUT2D eigenvalue weighted by molar-refractivity contribution is -0.149. The predicted molar refractivity (Wildman–Crippen MR) is 143 cm³/mol. The lowest BCUT2D eigenvalue weighted by Gasteiger charge is -2.51. The van der Waals surface area contributed by atoms with Crippen LogP contribution in [0.3, 0.4) is 0 Å². The van der Waals surface area contributed by atoms with E-state index in [0.717, 1.165) is 56.9 Å². The van der Waals surface area contributed by atoms with E-state index in [4.69, 9.17) is 10.5 Å². The Kier molecular flexibility index (Phi) is 7.70. The number of likely N-dealkylation sites (N-methyl/N-ethyl adjacent to an activating group) is 1. The third-order valence-electron chi connectivity index (χ3n) is 9.81. The van der Waals surface area contributed by atoms with Gasteiger partial charge in [0, 0.05) is 6.04 Å². The van der Waals surface area contributed by atoms with Gasteiger partial charge in [-0.3, -0.25) is 14.5 Å². The molecular weight excluding hydrogens is 480 g/mol. The number of benzene rings is 1. The Morgan fingerprint density at radius 2 is 2.00 bits per heavy atom. The Balaban J connectivity index is 1.18. The van der Waals surface area contributed by atoms with Crippen molar-refractivity contribution in [3.8, 4) is 11.8 Å². The van der Waals surface area contributed by atoms with Crippen molar-refractivity contribution in [3.05, 3.63) is 29.8 Å². The van der Waals surface area contributed by atoms with Gasteiger partial charge in [-0.1, -0.05) is 25.0 Å². The average molecular weight is 523 g/mol. The van der Waals surface area contributed by atoms with Crippen LogP contribution in [0.1, 0.15) is 63.4 Å². The first-order valence-electron chi connectivity index (χ1n) is 14.3. The van der Waals surface area contributed by atoms with Crippen LogP contribution in [0.4, 0.5) is 0 Å².